The summed E-state index contributed by atoms with van der Waals surface area (Å²) in [7, 11) is 1.81. The predicted octanol–water partition coefficient (Wildman–Crippen LogP) is 1.44. The molecule has 7 nitrogen and oxygen atoms in total. The van der Waals surface area contributed by atoms with Crippen LogP contribution in [0.1, 0.15) is 21.9 Å². The number of amides is 1. The van der Waals surface area contributed by atoms with Crippen LogP contribution in [0.25, 0.3) is 5.69 Å². The smallest absolute Gasteiger partial charge is 0.274 e. The molecule has 2 aromatic heterocycles. The van der Waals surface area contributed by atoms with Gasteiger partial charge < -0.3 is 14.8 Å². The van der Waals surface area contributed by atoms with E-state index in [0.717, 1.165) is 30.2 Å². The van der Waals surface area contributed by atoms with Gasteiger partial charge in [-0.2, -0.15) is 5.10 Å². The second kappa shape index (κ2) is 6.52. The SMILES string of the molecule is CN(Cc1ccc(-n2cccn2)cc1)C(=O)c1cn2c(n1)CNCC2. The third-order valence-electron chi connectivity index (χ3n) is 4.36. The van der Waals surface area contributed by atoms with Crippen LogP contribution in [0.5, 0.6) is 0 Å². The molecule has 0 saturated heterocycles. The van der Waals surface area contributed by atoms with Crippen LogP contribution in [0.4, 0.5) is 0 Å². The van der Waals surface area contributed by atoms with Crippen molar-refractivity contribution in [2.75, 3.05) is 13.6 Å². The van der Waals surface area contributed by atoms with Crippen molar-refractivity contribution < 1.29 is 4.79 Å². The Kier molecular flexibility index (Phi) is 4.07. The highest BCUT2D eigenvalue weighted by Gasteiger charge is 2.19. The van der Waals surface area contributed by atoms with Gasteiger partial charge in [0.15, 0.2) is 0 Å². The molecular formula is C18H20N6O. The second-order valence-corrected chi connectivity index (χ2v) is 6.19. The number of hydrogen-bond acceptors (Lipinski definition) is 4. The van der Waals surface area contributed by atoms with Gasteiger partial charge in [0.2, 0.25) is 0 Å². The molecule has 0 radical (unpaired) electrons. The Hall–Kier alpha value is -2.93. The van der Waals surface area contributed by atoms with Gasteiger partial charge in [-0.3, -0.25) is 4.79 Å². The van der Waals surface area contributed by atoms with Gasteiger partial charge in [0.25, 0.3) is 5.91 Å². The topological polar surface area (TPSA) is 68.0 Å². The molecule has 0 unspecified atom stereocenters. The quantitative estimate of drug-likeness (QED) is 0.783. The fourth-order valence-corrected chi connectivity index (χ4v) is 3.01. The van der Waals surface area contributed by atoms with Crippen LogP contribution in [0, 0.1) is 0 Å². The van der Waals surface area contributed by atoms with Crippen molar-refractivity contribution in [3.05, 3.63) is 66.0 Å². The lowest BCUT2D eigenvalue weighted by molar-refractivity contribution is 0.0779. The van der Waals surface area contributed by atoms with Crippen molar-refractivity contribution >= 4 is 5.91 Å². The van der Waals surface area contributed by atoms with E-state index >= 15 is 0 Å². The van der Waals surface area contributed by atoms with E-state index in [9.17, 15) is 4.79 Å². The Labute approximate surface area is 145 Å². The van der Waals surface area contributed by atoms with Crippen LogP contribution < -0.4 is 5.32 Å². The number of hydrogen-bond donors (Lipinski definition) is 1. The summed E-state index contributed by atoms with van der Waals surface area (Å²) in [5.41, 5.74) is 2.57. The van der Waals surface area contributed by atoms with Crippen molar-refractivity contribution in [3.63, 3.8) is 0 Å². The molecule has 1 amide bonds. The number of carbonyl (C=O) groups is 1. The molecule has 25 heavy (non-hydrogen) atoms. The van der Waals surface area contributed by atoms with Crippen LogP contribution in [0.2, 0.25) is 0 Å². The molecule has 7 heteroatoms. The number of nitrogens with zero attached hydrogens (tertiary/aromatic N) is 5. The third-order valence-corrected chi connectivity index (χ3v) is 4.36. The predicted molar refractivity (Wildman–Crippen MR) is 93.3 cm³/mol. The van der Waals surface area contributed by atoms with E-state index in [-0.39, 0.29) is 5.91 Å². The number of rotatable bonds is 4. The molecule has 4 rings (SSSR count). The van der Waals surface area contributed by atoms with Crippen LogP contribution >= 0.6 is 0 Å². The number of benzene rings is 1. The van der Waals surface area contributed by atoms with Crippen molar-refractivity contribution in [2.24, 2.45) is 0 Å². The van der Waals surface area contributed by atoms with Gasteiger partial charge in [-0.25, -0.2) is 9.67 Å². The van der Waals surface area contributed by atoms with Gasteiger partial charge in [0.1, 0.15) is 11.5 Å². The molecule has 3 aromatic rings. The molecule has 0 aliphatic carbocycles. The van der Waals surface area contributed by atoms with Crippen molar-refractivity contribution in [1.29, 1.82) is 0 Å². The molecular weight excluding hydrogens is 316 g/mol. The molecule has 0 spiro atoms. The van der Waals surface area contributed by atoms with E-state index < -0.39 is 0 Å². The molecule has 1 N–H and O–H groups in total. The van der Waals surface area contributed by atoms with E-state index in [1.807, 2.05) is 47.4 Å². The van der Waals surface area contributed by atoms with Crippen LogP contribution in [-0.4, -0.2) is 43.7 Å². The fraction of sp³-hybridized carbons (Fsp3) is 0.278. The summed E-state index contributed by atoms with van der Waals surface area (Å²) >= 11 is 0. The van der Waals surface area contributed by atoms with Crippen molar-refractivity contribution in [3.8, 4) is 5.69 Å². The lowest BCUT2D eigenvalue weighted by Crippen LogP contribution is -2.27. The summed E-state index contributed by atoms with van der Waals surface area (Å²) in [6.45, 7) is 3.02. The largest absolute Gasteiger partial charge is 0.336 e. The van der Waals surface area contributed by atoms with Crippen molar-refractivity contribution in [1.82, 2.24) is 29.5 Å². The standard InChI is InChI=1S/C18H20N6O/c1-22(18(25)16-13-23-10-8-19-11-17(23)21-16)12-14-3-5-15(6-4-14)24-9-2-7-20-24/h2-7,9,13,19H,8,10-12H2,1H3. The molecule has 1 aliphatic heterocycles. The fourth-order valence-electron chi connectivity index (χ4n) is 3.01. The maximum atomic E-state index is 12.6. The molecule has 1 aliphatic rings. The first kappa shape index (κ1) is 15.6. The molecule has 0 atom stereocenters. The van der Waals surface area contributed by atoms with Gasteiger partial charge in [-0.15, -0.1) is 0 Å². The van der Waals surface area contributed by atoms with E-state index in [1.165, 1.54) is 0 Å². The summed E-state index contributed by atoms with van der Waals surface area (Å²) in [5, 5.41) is 7.48. The number of aromatic nitrogens is 4. The summed E-state index contributed by atoms with van der Waals surface area (Å²) in [6, 6.07) is 9.93. The summed E-state index contributed by atoms with van der Waals surface area (Å²) in [4.78, 5) is 18.8. The minimum absolute atomic E-state index is 0.0574. The lowest BCUT2D eigenvalue weighted by Gasteiger charge is -2.16. The van der Waals surface area contributed by atoms with Gasteiger partial charge in [0.05, 0.1) is 12.2 Å². The highest BCUT2D eigenvalue weighted by Crippen LogP contribution is 2.13. The van der Waals surface area contributed by atoms with Crippen LogP contribution in [0.3, 0.4) is 0 Å². The Morgan fingerprint density at radius 3 is 2.88 bits per heavy atom. The second-order valence-electron chi connectivity index (χ2n) is 6.19. The molecule has 3 heterocycles. The minimum atomic E-state index is -0.0574. The first-order valence-corrected chi connectivity index (χ1v) is 8.32. The zero-order chi connectivity index (χ0) is 17.2. The Morgan fingerprint density at radius 2 is 2.16 bits per heavy atom. The number of imidazole rings is 1. The Bertz CT molecular complexity index is 842. The van der Waals surface area contributed by atoms with Gasteiger partial charge in [-0.1, -0.05) is 12.1 Å². The summed E-state index contributed by atoms with van der Waals surface area (Å²) < 4.78 is 3.86. The Balaban J connectivity index is 1.45. The van der Waals surface area contributed by atoms with Crippen LogP contribution in [0.15, 0.2) is 48.9 Å². The van der Waals surface area contributed by atoms with E-state index in [4.69, 9.17) is 0 Å². The summed E-state index contributed by atoms with van der Waals surface area (Å²) in [6.07, 6.45) is 5.51. The zero-order valence-corrected chi connectivity index (χ0v) is 14.1. The minimum Gasteiger partial charge on any atom is -0.336 e. The normalized spacial score (nSPS) is 13.5. The van der Waals surface area contributed by atoms with E-state index in [2.05, 4.69) is 20.0 Å². The van der Waals surface area contributed by atoms with Gasteiger partial charge in [0, 0.05) is 45.3 Å². The molecule has 0 saturated carbocycles. The first-order valence-electron chi connectivity index (χ1n) is 8.32. The Morgan fingerprint density at radius 1 is 1.32 bits per heavy atom. The zero-order valence-electron chi connectivity index (χ0n) is 14.1. The first-order chi connectivity index (χ1) is 12.2. The number of fused-ring (bicyclic) bond motifs is 1. The molecule has 128 valence electrons. The van der Waals surface area contributed by atoms with E-state index in [1.54, 1.807) is 18.1 Å². The third kappa shape index (κ3) is 3.18. The number of nitrogens with one attached hydrogen (secondary N) is 1. The van der Waals surface area contributed by atoms with Crippen LogP contribution in [-0.2, 0) is 19.6 Å². The maximum Gasteiger partial charge on any atom is 0.274 e. The summed E-state index contributed by atoms with van der Waals surface area (Å²) in [5.74, 6) is 0.865. The average molecular weight is 336 g/mol. The highest BCUT2D eigenvalue weighted by molar-refractivity contribution is 5.92. The molecule has 0 bridgehead atoms. The number of carbonyl (C=O) groups excluding carboxylic acids is 1. The maximum absolute atomic E-state index is 12.6. The highest BCUT2D eigenvalue weighted by atomic mass is 16.2. The van der Waals surface area contributed by atoms with Crippen molar-refractivity contribution in [2.45, 2.75) is 19.6 Å². The molecule has 1 aromatic carbocycles. The average Bonchev–Trinajstić information content (AvgIpc) is 3.31. The van der Waals surface area contributed by atoms with Gasteiger partial charge >= 0.3 is 0 Å². The molecule has 0 fully saturated rings. The van der Waals surface area contributed by atoms with Gasteiger partial charge in [-0.05, 0) is 23.8 Å². The lowest BCUT2D eigenvalue weighted by atomic mass is 10.2. The van der Waals surface area contributed by atoms with E-state index in [0.29, 0.717) is 18.8 Å². The monoisotopic (exact) mass is 336 g/mol.